The number of benzene rings is 1. The van der Waals surface area contributed by atoms with Gasteiger partial charge in [0.05, 0.1) is 12.2 Å². The number of carbonyl (C=O) groups excluding carboxylic acids is 1. The van der Waals surface area contributed by atoms with Gasteiger partial charge in [-0.15, -0.1) is 0 Å². The smallest absolute Gasteiger partial charge is 0.419 e. The Labute approximate surface area is 149 Å². The first-order chi connectivity index (χ1) is 12.3. The summed E-state index contributed by atoms with van der Waals surface area (Å²) in [7, 11) is 0. The fourth-order valence-corrected chi connectivity index (χ4v) is 2.34. The van der Waals surface area contributed by atoms with Crippen LogP contribution in [0.3, 0.4) is 0 Å². The second-order valence-corrected chi connectivity index (χ2v) is 5.49. The zero-order valence-corrected chi connectivity index (χ0v) is 14.5. The van der Waals surface area contributed by atoms with Crippen LogP contribution in [0.15, 0.2) is 36.5 Å². The molecule has 1 aromatic carbocycles. The number of nitrogens with zero attached hydrogens (tertiary/aromatic N) is 1. The first-order valence-electron chi connectivity index (χ1n) is 8.10. The Hall–Kier alpha value is -2.77. The third-order valence-corrected chi connectivity index (χ3v) is 3.55. The molecular weight excluding hydrogens is 347 g/mol. The van der Waals surface area contributed by atoms with Gasteiger partial charge in [-0.1, -0.05) is 0 Å². The van der Waals surface area contributed by atoms with E-state index in [0.717, 1.165) is 11.6 Å². The highest BCUT2D eigenvalue weighted by molar-refractivity contribution is 5.94. The second-order valence-electron chi connectivity index (χ2n) is 5.49. The zero-order valence-electron chi connectivity index (χ0n) is 14.5. The Kier molecular flexibility index (Phi) is 6.43. The highest BCUT2D eigenvalue weighted by Crippen LogP contribution is 2.33. The molecule has 8 heteroatoms. The molecule has 0 bridgehead atoms. The number of nitrogens with one attached hydrogen (secondary N) is 2. The molecule has 0 saturated heterocycles. The van der Waals surface area contributed by atoms with Gasteiger partial charge in [-0.3, -0.25) is 4.79 Å². The minimum Gasteiger partial charge on any atom is -0.494 e. The Morgan fingerprint density at radius 2 is 2.00 bits per heavy atom. The number of halogens is 3. The summed E-state index contributed by atoms with van der Waals surface area (Å²) in [4.78, 5) is 15.8. The van der Waals surface area contributed by atoms with Crippen molar-refractivity contribution < 1.29 is 22.7 Å². The van der Waals surface area contributed by atoms with Gasteiger partial charge in [0, 0.05) is 24.8 Å². The SMILES string of the molecule is CCOc1ccc(C(=O)NCCNc2ncccc2C(F)(F)F)cc1C. The summed E-state index contributed by atoms with van der Waals surface area (Å²) in [5.74, 6) is 0.140. The van der Waals surface area contributed by atoms with Crippen molar-refractivity contribution >= 4 is 11.7 Å². The number of aryl methyl sites for hydroxylation is 1. The van der Waals surface area contributed by atoms with Crippen molar-refractivity contribution in [3.05, 3.63) is 53.2 Å². The van der Waals surface area contributed by atoms with Crippen LogP contribution >= 0.6 is 0 Å². The molecule has 0 radical (unpaired) electrons. The second kappa shape index (κ2) is 8.55. The van der Waals surface area contributed by atoms with Gasteiger partial charge < -0.3 is 15.4 Å². The number of rotatable bonds is 7. The first-order valence-corrected chi connectivity index (χ1v) is 8.10. The number of pyridine rings is 1. The third-order valence-electron chi connectivity index (χ3n) is 3.55. The molecule has 26 heavy (non-hydrogen) atoms. The Morgan fingerprint density at radius 3 is 2.65 bits per heavy atom. The minimum absolute atomic E-state index is 0.113. The van der Waals surface area contributed by atoms with Crippen LogP contribution in [0.5, 0.6) is 5.75 Å². The molecule has 1 aromatic heterocycles. The summed E-state index contributed by atoms with van der Waals surface area (Å²) in [5, 5.41) is 5.25. The van der Waals surface area contributed by atoms with Gasteiger partial charge in [-0.2, -0.15) is 13.2 Å². The standard InChI is InChI=1S/C18H20F3N3O2/c1-3-26-15-7-6-13(11-12(15)2)17(25)24-10-9-23-16-14(18(19,20)21)5-4-8-22-16/h4-8,11H,3,9-10H2,1-2H3,(H,22,23)(H,24,25). The van der Waals surface area contributed by atoms with Gasteiger partial charge in [0.15, 0.2) is 0 Å². The average Bonchev–Trinajstić information content (AvgIpc) is 2.60. The Morgan fingerprint density at radius 1 is 1.23 bits per heavy atom. The van der Waals surface area contributed by atoms with Gasteiger partial charge in [0.2, 0.25) is 0 Å². The summed E-state index contributed by atoms with van der Waals surface area (Å²) < 4.78 is 44.0. The molecule has 5 nitrogen and oxygen atoms in total. The lowest BCUT2D eigenvalue weighted by atomic mass is 10.1. The van der Waals surface area contributed by atoms with E-state index in [-0.39, 0.29) is 24.8 Å². The van der Waals surface area contributed by atoms with Crippen LogP contribution in [0.25, 0.3) is 0 Å². The Bertz CT molecular complexity index is 764. The minimum atomic E-state index is -4.49. The molecule has 0 fully saturated rings. The summed E-state index contributed by atoms with van der Waals surface area (Å²) >= 11 is 0. The zero-order chi connectivity index (χ0) is 19.2. The molecule has 0 saturated carbocycles. The van der Waals surface area contributed by atoms with E-state index >= 15 is 0 Å². The molecule has 2 aromatic rings. The number of anilines is 1. The van der Waals surface area contributed by atoms with Crippen LogP contribution in [0, 0.1) is 6.92 Å². The molecule has 1 heterocycles. The predicted molar refractivity (Wildman–Crippen MR) is 92.4 cm³/mol. The number of carbonyl (C=O) groups is 1. The molecule has 0 unspecified atom stereocenters. The number of amides is 1. The topological polar surface area (TPSA) is 63.2 Å². The fraction of sp³-hybridized carbons (Fsp3) is 0.333. The predicted octanol–water partition coefficient (Wildman–Crippen LogP) is 3.65. The number of hydrogen-bond acceptors (Lipinski definition) is 4. The quantitative estimate of drug-likeness (QED) is 0.734. The van der Waals surface area contributed by atoms with Crippen LogP contribution in [0.1, 0.15) is 28.4 Å². The molecular formula is C18H20F3N3O2. The van der Waals surface area contributed by atoms with Gasteiger partial charge in [-0.25, -0.2) is 4.98 Å². The molecule has 140 valence electrons. The molecule has 0 aliphatic carbocycles. The van der Waals surface area contributed by atoms with Crippen molar-refractivity contribution in [3.63, 3.8) is 0 Å². The van der Waals surface area contributed by atoms with Crippen molar-refractivity contribution in [1.29, 1.82) is 0 Å². The molecule has 1 amide bonds. The van der Waals surface area contributed by atoms with Crippen molar-refractivity contribution in [2.24, 2.45) is 0 Å². The van der Waals surface area contributed by atoms with E-state index in [1.807, 2.05) is 13.8 Å². The first kappa shape index (κ1) is 19.6. The monoisotopic (exact) mass is 367 g/mol. The lowest BCUT2D eigenvalue weighted by Gasteiger charge is -2.13. The van der Waals surface area contributed by atoms with E-state index in [2.05, 4.69) is 15.6 Å². The molecule has 0 aliphatic heterocycles. The molecule has 2 rings (SSSR count). The maximum atomic E-state index is 12.9. The maximum Gasteiger partial charge on any atom is 0.419 e. The molecule has 2 N–H and O–H groups in total. The summed E-state index contributed by atoms with van der Waals surface area (Å²) in [6.07, 6.45) is -3.21. The number of alkyl halides is 3. The van der Waals surface area contributed by atoms with E-state index in [4.69, 9.17) is 4.74 Å². The molecule has 0 spiro atoms. The largest absolute Gasteiger partial charge is 0.494 e. The van der Waals surface area contributed by atoms with Crippen molar-refractivity contribution in [2.75, 3.05) is 25.0 Å². The van der Waals surface area contributed by atoms with Gasteiger partial charge >= 0.3 is 6.18 Å². The van der Waals surface area contributed by atoms with Gasteiger partial charge in [0.1, 0.15) is 11.6 Å². The van der Waals surface area contributed by atoms with Crippen LogP contribution in [0.2, 0.25) is 0 Å². The van der Waals surface area contributed by atoms with Gasteiger partial charge in [0.25, 0.3) is 5.91 Å². The fourth-order valence-electron chi connectivity index (χ4n) is 2.34. The van der Waals surface area contributed by atoms with Crippen LogP contribution < -0.4 is 15.4 Å². The normalized spacial score (nSPS) is 11.1. The lowest BCUT2D eigenvalue weighted by molar-refractivity contribution is -0.137. The van der Waals surface area contributed by atoms with Crippen LogP contribution in [0.4, 0.5) is 19.0 Å². The van der Waals surface area contributed by atoms with Crippen LogP contribution in [-0.2, 0) is 6.18 Å². The van der Waals surface area contributed by atoms with E-state index in [1.165, 1.54) is 12.3 Å². The van der Waals surface area contributed by atoms with E-state index in [9.17, 15) is 18.0 Å². The summed E-state index contributed by atoms with van der Waals surface area (Å²) in [6.45, 7) is 4.51. The highest BCUT2D eigenvalue weighted by Gasteiger charge is 2.33. The van der Waals surface area contributed by atoms with Crippen molar-refractivity contribution in [1.82, 2.24) is 10.3 Å². The summed E-state index contributed by atoms with van der Waals surface area (Å²) in [5.41, 5.74) is 0.453. The van der Waals surface area contributed by atoms with Crippen molar-refractivity contribution in [2.45, 2.75) is 20.0 Å². The number of aromatic nitrogens is 1. The maximum absolute atomic E-state index is 12.9. The van der Waals surface area contributed by atoms with Crippen LogP contribution in [-0.4, -0.2) is 30.6 Å². The van der Waals surface area contributed by atoms with E-state index in [0.29, 0.717) is 17.9 Å². The van der Waals surface area contributed by atoms with Crippen molar-refractivity contribution in [3.8, 4) is 5.75 Å². The number of ether oxygens (including phenoxy) is 1. The molecule has 0 atom stereocenters. The summed E-state index contributed by atoms with van der Waals surface area (Å²) in [6, 6.07) is 7.24. The van der Waals surface area contributed by atoms with E-state index in [1.54, 1.807) is 18.2 Å². The van der Waals surface area contributed by atoms with Gasteiger partial charge in [-0.05, 0) is 49.7 Å². The number of hydrogen-bond donors (Lipinski definition) is 2. The average molecular weight is 367 g/mol. The third kappa shape index (κ3) is 5.11. The lowest BCUT2D eigenvalue weighted by Crippen LogP contribution is -2.29. The highest BCUT2D eigenvalue weighted by atomic mass is 19.4. The van der Waals surface area contributed by atoms with E-state index < -0.39 is 11.7 Å². The Balaban J connectivity index is 1.89. The molecule has 0 aliphatic rings.